The summed E-state index contributed by atoms with van der Waals surface area (Å²) in [5.41, 5.74) is 2.09. The molecule has 0 bridgehead atoms. The number of nitriles is 2. The molecule has 0 saturated carbocycles. The zero-order valence-electron chi connectivity index (χ0n) is 12.7. The molecule has 0 saturated heterocycles. The molecule has 0 fully saturated rings. The van der Waals surface area contributed by atoms with Crippen molar-refractivity contribution < 1.29 is 4.79 Å². The molecule has 0 aliphatic rings. The first-order valence-electron chi connectivity index (χ1n) is 7.38. The number of carbonyl (C=O) groups is 1. The summed E-state index contributed by atoms with van der Waals surface area (Å²) >= 11 is 0. The van der Waals surface area contributed by atoms with Gasteiger partial charge in [0.1, 0.15) is 13.1 Å². The van der Waals surface area contributed by atoms with E-state index in [4.69, 9.17) is 10.5 Å². The molecule has 114 valence electrons. The van der Waals surface area contributed by atoms with Gasteiger partial charge in [-0.05, 0) is 11.1 Å². The Morgan fingerprint density at radius 3 is 1.70 bits per heavy atom. The molecule has 0 radical (unpaired) electrons. The lowest BCUT2D eigenvalue weighted by Gasteiger charge is -2.22. The molecule has 0 aromatic heterocycles. The Labute approximate surface area is 136 Å². The van der Waals surface area contributed by atoms with E-state index < -0.39 is 0 Å². The summed E-state index contributed by atoms with van der Waals surface area (Å²) < 4.78 is 0. The van der Waals surface area contributed by atoms with Crippen LogP contribution in [0, 0.1) is 22.7 Å². The average Bonchev–Trinajstić information content (AvgIpc) is 2.61. The average molecular weight is 303 g/mol. The number of hydrogen-bond donors (Lipinski definition) is 0. The molecule has 4 nitrogen and oxygen atoms in total. The van der Waals surface area contributed by atoms with Gasteiger partial charge in [0.2, 0.25) is 5.91 Å². The van der Waals surface area contributed by atoms with Crippen molar-refractivity contribution in [3.63, 3.8) is 0 Å². The summed E-state index contributed by atoms with van der Waals surface area (Å²) in [6.07, 6.45) is 0.234. The van der Waals surface area contributed by atoms with Gasteiger partial charge in [0, 0.05) is 12.3 Å². The van der Waals surface area contributed by atoms with Crippen LogP contribution in [0.4, 0.5) is 0 Å². The van der Waals surface area contributed by atoms with Gasteiger partial charge in [-0.2, -0.15) is 10.5 Å². The van der Waals surface area contributed by atoms with E-state index >= 15 is 0 Å². The van der Waals surface area contributed by atoms with Crippen LogP contribution in [-0.2, 0) is 4.79 Å². The van der Waals surface area contributed by atoms with Gasteiger partial charge < -0.3 is 4.90 Å². The van der Waals surface area contributed by atoms with E-state index in [1.807, 2.05) is 72.8 Å². The number of amides is 1. The molecule has 23 heavy (non-hydrogen) atoms. The quantitative estimate of drug-likeness (QED) is 0.770. The van der Waals surface area contributed by atoms with Crippen LogP contribution in [0.3, 0.4) is 0 Å². The number of carbonyl (C=O) groups excluding carboxylic acids is 1. The predicted octanol–water partition coefficient (Wildman–Crippen LogP) is 3.08. The highest BCUT2D eigenvalue weighted by Gasteiger charge is 2.21. The van der Waals surface area contributed by atoms with Crippen molar-refractivity contribution in [2.24, 2.45) is 0 Å². The fraction of sp³-hybridized carbons (Fsp3) is 0.211. The maximum atomic E-state index is 12.5. The van der Waals surface area contributed by atoms with E-state index in [2.05, 4.69) is 0 Å². The largest absolute Gasteiger partial charge is 0.316 e. The van der Waals surface area contributed by atoms with E-state index in [1.165, 1.54) is 4.90 Å². The van der Waals surface area contributed by atoms with E-state index in [9.17, 15) is 4.79 Å². The monoisotopic (exact) mass is 303 g/mol. The van der Waals surface area contributed by atoms with Crippen LogP contribution in [0.2, 0.25) is 0 Å². The molecule has 2 aromatic carbocycles. The Kier molecular flexibility index (Phi) is 5.91. The van der Waals surface area contributed by atoms with Crippen molar-refractivity contribution in [3.05, 3.63) is 71.8 Å². The summed E-state index contributed by atoms with van der Waals surface area (Å²) in [6.45, 7) is -0.134. The van der Waals surface area contributed by atoms with E-state index in [0.717, 1.165) is 11.1 Å². The van der Waals surface area contributed by atoms with Crippen LogP contribution in [-0.4, -0.2) is 23.9 Å². The Hall–Kier alpha value is -3.11. The van der Waals surface area contributed by atoms with Crippen molar-refractivity contribution in [2.75, 3.05) is 13.1 Å². The minimum Gasteiger partial charge on any atom is -0.316 e. The van der Waals surface area contributed by atoms with E-state index in [0.29, 0.717) is 0 Å². The molecule has 0 aliphatic carbocycles. The Bertz CT molecular complexity index is 658. The maximum absolute atomic E-state index is 12.5. The van der Waals surface area contributed by atoms with Gasteiger partial charge in [0.05, 0.1) is 12.1 Å². The highest BCUT2D eigenvalue weighted by Crippen LogP contribution is 2.28. The zero-order valence-corrected chi connectivity index (χ0v) is 12.7. The molecule has 2 aromatic rings. The fourth-order valence-corrected chi connectivity index (χ4v) is 2.51. The van der Waals surface area contributed by atoms with Crippen LogP contribution in [0.1, 0.15) is 23.5 Å². The van der Waals surface area contributed by atoms with Crippen LogP contribution >= 0.6 is 0 Å². The summed E-state index contributed by atoms with van der Waals surface area (Å²) in [4.78, 5) is 13.8. The Morgan fingerprint density at radius 2 is 1.30 bits per heavy atom. The molecular formula is C19H17N3O. The molecule has 0 N–H and O–H groups in total. The molecule has 0 atom stereocenters. The third kappa shape index (κ3) is 4.43. The second-order valence-corrected chi connectivity index (χ2v) is 5.14. The van der Waals surface area contributed by atoms with Gasteiger partial charge in [-0.25, -0.2) is 0 Å². The Morgan fingerprint density at radius 1 is 0.870 bits per heavy atom. The lowest BCUT2D eigenvalue weighted by atomic mass is 9.88. The molecule has 0 aliphatic heterocycles. The van der Waals surface area contributed by atoms with Gasteiger partial charge in [-0.1, -0.05) is 60.7 Å². The highest BCUT2D eigenvalue weighted by molar-refractivity contribution is 5.78. The topological polar surface area (TPSA) is 67.9 Å². The van der Waals surface area contributed by atoms with Gasteiger partial charge in [0.15, 0.2) is 0 Å². The van der Waals surface area contributed by atoms with Crippen LogP contribution in [0.5, 0.6) is 0 Å². The molecule has 0 spiro atoms. The summed E-state index contributed by atoms with van der Waals surface area (Å²) in [5, 5.41) is 17.7. The lowest BCUT2D eigenvalue weighted by molar-refractivity contribution is -0.130. The summed E-state index contributed by atoms with van der Waals surface area (Å²) in [7, 11) is 0. The normalized spacial score (nSPS) is 9.87. The van der Waals surface area contributed by atoms with E-state index in [-0.39, 0.29) is 31.3 Å². The van der Waals surface area contributed by atoms with Crippen molar-refractivity contribution in [1.29, 1.82) is 10.5 Å². The zero-order chi connectivity index (χ0) is 16.5. The summed E-state index contributed by atoms with van der Waals surface area (Å²) in [6, 6.07) is 23.5. The predicted molar refractivity (Wildman–Crippen MR) is 87.2 cm³/mol. The van der Waals surface area contributed by atoms with Crippen molar-refractivity contribution in [2.45, 2.75) is 12.3 Å². The molecule has 0 heterocycles. The number of hydrogen-bond acceptors (Lipinski definition) is 3. The highest BCUT2D eigenvalue weighted by atomic mass is 16.2. The third-order valence-corrected chi connectivity index (χ3v) is 3.66. The van der Waals surface area contributed by atoms with Crippen molar-refractivity contribution in [3.8, 4) is 12.1 Å². The first-order chi connectivity index (χ1) is 11.3. The molecular weight excluding hydrogens is 286 g/mol. The first-order valence-corrected chi connectivity index (χ1v) is 7.38. The molecule has 4 heteroatoms. The van der Waals surface area contributed by atoms with Crippen molar-refractivity contribution in [1.82, 2.24) is 4.90 Å². The third-order valence-electron chi connectivity index (χ3n) is 3.66. The minimum absolute atomic E-state index is 0.0668. The van der Waals surface area contributed by atoms with Gasteiger partial charge >= 0.3 is 0 Å². The smallest absolute Gasteiger partial charge is 0.225 e. The van der Waals surface area contributed by atoms with Gasteiger partial charge in [-0.15, -0.1) is 0 Å². The lowest BCUT2D eigenvalue weighted by Crippen LogP contribution is -2.32. The second kappa shape index (κ2) is 8.36. The molecule has 2 rings (SSSR count). The number of benzene rings is 2. The van der Waals surface area contributed by atoms with Gasteiger partial charge in [0.25, 0.3) is 0 Å². The standard InChI is InChI=1S/C19H17N3O/c20-11-13-22(14-12-21)19(23)15-18(16-7-3-1-4-8-16)17-9-5-2-6-10-17/h1-10,18H,13-15H2. The van der Waals surface area contributed by atoms with Crippen molar-refractivity contribution >= 4 is 5.91 Å². The van der Waals surface area contributed by atoms with Crippen LogP contribution in [0.25, 0.3) is 0 Å². The van der Waals surface area contributed by atoms with Crippen LogP contribution < -0.4 is 0 Å². The molecule has 1 amide bonds. The van der Waals surface area contributed by atoms with Crippen LogP contribution in [0.15, 0.2) is 60.7 Å². The Balaban J connectivity index is 2.27. The SMILES string of the molecule is N#CCN(CC#N)C(=O)CC(c1ccccc1)c1ccccc1. The van der Waals surface area contributed by atoms with E-state index in [1.54, 1.807) is 0 Å². The molecule has 0 unspecified atom stereocenters. The second-order valence-electron chi connectivity index (χ2n) is 5.14. The van der Waals surface area contributed by atoms with Gasteiger partial charge in [-0.3, -0.25) is 4.79 Å². The summed E-state index contributed by atoms with van der Waals surface area (Å²) in [5.74, 6) is -0.282. The number of nitrogens with zero attached hydrogens (tertiary/aromatic N) is 3. The maximum Gasteiger partial charge on any atom is 0.225 e. The number of rotatable bonds is 6. The minimum atomic E-state index is -0.189. The first kappa shape index (κ1) is 16.3. The fourth-order valence-electron chi connectivity index (χ4n) is 2.51.